The number of nitro groups is 1. The highest BCUT2D eigenvalue weighted by Gasteiger charge is 2.18. The number of benzene rings is 1. The molecule has 5 N–H and O–H groups in total. The number of rotatable bonds is 9. The molecule has 1 rings (SSSR count). The minimum Gasteiger partial charge on any atom is -0.480 e. The Balaban J connectivity index is 2.37. The first-order valence-corrected chi connectivity index (χ1v) is 7.49. The summed E-state index contributed by atoms with van der Waals surface area (Å²) in [7, 11) is 0. The average Bonchev–Trinajstić information content (AvgIpc) is 2.57. The number of nitrogens with two attached hydrogens (primary N) is 1. The molecule has 10 heteroatoms. The number of nitro benzene ring substituents is 1. The first kappa shape index (κ1) is 20.0. The van der Waals surface area contributed by atoms with Gasteiger partial charge in [-0.25, -0.2) is 0 Å². The Bertz CT molecular complexity index is 646. The van der Waals surface area contributed by atoms with Crippen LogP contribution in [0.2, 0.25) is 0 Å². The van der Waals surface area contributed by atoms with Gasteiger partial charge in [0.25, 0.3) is 5.69 Å². The van der Waals surface area contributed by atoms with E-state index in [9.17, 15) is 24.5 Å². The zero-order valence-corrected chi connectivity index (χ0v) is 13.6. The third-order valence-electron chi connectivity index (χ3n) is 3.38. The molecule has 0 heterocycles. The van der Waals surface area contributed by atoms with Crippen LogP contribution in [0, 0.1) is 10.1 Å². The van der Waals surface area contributed by atoms with Gasteiger partial charge in [-0.1, -0.05) is 12.1 Å². The predicted octanol–water partition coefficient (Wildman–Crippen LogP) is -0.0922. The fraction of sp³-hybridized carbons (Fsp3) is 0.400. The Morgan fingerprint density at radius 2 is 1.88 bits per heavy atom. The number of carbonyl (C=O) groups excluding carboxylic acids is 2. The molecule has 0 saturated carbocycles. The van der Waals surface area contributed by atoms with E-state index in [2.05, 4.69) is 10.6 Å². The maximum absolute atomic E-state index is 11.9. The van der Waals surface area contributed by atoms with Gasteiger partial charge in [0.1, 0.15) is 6.04 Å². The lowest BCUT2D eigenvalue weighted by Gasteiger charge is -2.13. The second-order valence-electron chi connectivity index (χ2n) is 5.41. The molecule has 0 unspecified atom stereocenters. The van der Waals surface area contributed by atoms with Crippen LogP contribution in [0.15, 0.2) is 24.3 Å². The van der Waals surface area contributed by atoms with Gasteiger partial charge >= 0.3 is 5.97 Å². The molecule has 2 amide bonds. The lowest BCUT2D eigenvalue weighted by atomic mass is 10.1. The second-order valence-corrected chi connectivity index (χ2v) is 5.41. The van der Waals surface area contributed by atoms with Crippen LogP contribution >= 0.6 is 0 Å². The number of aliphatic carboxylic acids is 1. The summed E-state index contributed by atoms with van der Waals surface area (Å²) >= 11 is 0. The number of nitrogens with zero attached hydrogens (tertiary/aromatic N) is 1. The molecule has 0 aliphatic heterocycles. The Labute approximate surface area is 143 Å². The summed E-state index contributed by atoms with van der Waals surface area (Å²) in [6.07, 6.45) is -0.0198. The molecule has 25 heavy (non-hydrogen) atoms. The van der Waals surface area contributed by atoms with E-state index in [1.54, 1.807) is 0 Å². The molecule has 0 fully saturated rings. The van der Waals surface area contributed by atoms with E-state index in [-0.39, 0.29) is 25.1 Å². The minimum atomic E-state index is -1.15. The van der Waals surface area contributed by atoms with E-state index >= 15 is 0 Å². The standard InChI is InChI=1S/C15H20N4O6/c1-9(15(22)23)18-13(20)7-6-12(16)14(21)17-8-10-2-4-11(5-3-10)19(24)25/h2-5,9,12H,6-8,16H2,1H3,(H,17,21)(H,18,20)(H,22,23)/t9-,12-/m0/s1. The molecule has 0 aliphatic rings. The van der Waals surface area contributed by atoms with E-state index in [4.69, 9.17) is 10.8 Å². The molecule has 0 saturated heterocycles. The van der Waals surface area contributed by atoms with Crippen molar-refractivity contribution in [2.45, 2.75) is 38.4 Å². The SMILES string of the molecule is C[C@H](NC(=O)CC[C@H](N)C(=O)NCc1ccc([N+](=O)[O-])cc1)C(=O)O. The van der Waals surface area contributed by atoms with Crippen LogP contribution < -0.4 is 16.4 Å². The van der Waals surface area contributed by atoms with Crippen LogP contribution in [0.1, 0.15) is 25.3 Å². The molecule has 0 radical (unpaired) electrons. The number of hydrogen-bond donors (Lipinski definition) is 4. The maximum Gasteiger partial charge on any atom is 0.325 e. The number of nitrogens with one attached hydrogen (secondary N) is 2. The van der Waals surface area contributed by atoms with Gasteiger partial charge < -0.3 is 21.5 Å². The van der Waals surface area contributed by atoms with Crippen molar-refractivity contribution in [3.05, 3.63) is 39.9 Å². The van der Waals surface area contributed by atoms with E-state index in [0.29, 0.717) is 5.56 Å². The van der Waals surface area contributed by atoms with Crippen LogP contribution in [-0.4, -0.2) is 39.9 Å². The molecule has 0 spiro atoms. The highest BCUT2D eigenvalue weighted by molar-refractivity contribution is 5.85. The second kappa shape index (κ2) is 9.33. The summed E-state index contributed by atoms with van der Waals surface area (Å²) in [5.41, 5.74) is 6.30. The Hall–Kier alpha value is -3.01. The highest BCUT2D eigenvalue weighted by Crippen LogP contribution is 2.11. The van der Waals surface area contributed by atoms with Gasteiger partial charge in [0.2, 0.25) is 11.8 Å². The van der Waals surface area contributed by atoms with Gasteiger partial charge in [-0.2, -0.15) is 0 Å². The van der Waals surface area contributed by atoms with E-state index in [1.807, 2.05) is 0 Å². The van der Waals surface area contributed by atoms with Crippen LogP contribution in [0.4, 0.5) is 5.69 Å². The van der Waals surface area contributed by atoms with Crippen molar-refractivity contribution in [1.29, 1.82) is 0 Å². The molecule has 0 aliphatic carbocycles. The third-order valence-corrected chi connectivity index (χ3v) is 3.38. The first-order valence-electron chi connectivity index (χ1n) is 7.49. The van der Waals surface area contributed by atoms with Gasteiger partial charge in [0.05, 0.1) is 11.0 Å². The quantitative estimate of drug-likeness (QED) is 0.356. The molecule has 136 valence electrons. The summed E-state index contributed by atoms with van der Waals surface area (Å²) < 4.78 is 0. The molecule has 1 aromatic carbocycles. The average molecular weight is 352 g/mol. The van der Waals surface area contributed by atoms with Crippen LogP contribution in [0.25, 0.3) is 0 Å². The minimum absolute atomic E-state index is 0.0478. The van der Waals surface area contributed by atoms with Crippen molar-refractivity contribution in [1.82, 2.24) is 10.6 Å². The molecule has 0 aromatic heterocycles. The maximum atomic E-state index is 11.9. The van der Waals surface area contributed by atoms with Gasteiger partial charge in [-0.05, 0) is 18.9 Å². The Kier molecular flexibility index (Phi) is 7.47. The molecule has 2 atom stereocenters. The first-order chi connectivity index (χ1) is 11.7. The van der Waals surface area contributed by atoms with E-state index in [1.165, 1.54) is 31.2 Å². The van der Waals surface area contributed by atoms with Crippen molar-refractivity contribution in [2.24, 2.45) is 5.73 Å². The highest BCUT2D eigenvalue weighted by atomic mass is 16.6. The van der Waals surface area contributed by atoms with Gasteiger partial charge in [-0.3, -0.25) is 24.5 Å². The lowest BCUT2D eigenvalue weighted by Crippen LogP contribution is -2.42. The van der Waals surface area contributed by atoms with Gasteiger partial charge in [-0.15, -0.1) is 0 Å². The fourth-order valence-corrected chi connectivity index (χ4v) is 1.85. The Morgan fingerprint density at radius 1 is 1.28 bits per heavy atom. The van der Waals surface area contributed by atoms with Gasteiger partial charge in [0.15, 0.2) is 0 Å². The van der Waals surface area contributed by atoms with Crippen molar-refractivity contribution in [3.8, 4) is 0 Å². The molecular formula is C15H20N4O6. The van der Waals surface area contributed by atoms with Crippen molar-refractivity contribution < 1.29 is 24.4 Å². The van der Waals surface area contributed by atoms with Crippen LogP contribution in [0.3, 0.4) is 0 Å². The third kappa shape index (κ3) is 6.96. The topological polar surface area (TPSA) is 165 Å². The van der Waals surface area contributed by atoms with Crippen LogP contribution in [0.5, 0.6) is 0 Å². The monoisotopic (exact) mass is 352 g/mol. The van der Waals surface area contributed by atoms with Crippen LogP contribution in [-0.2, 0) is 20.9 Å². The van der Waals surface area contributed by atoms with E-state index < -0.39 is 34.8 Å². The summed E-state index contributed by atoms with van der Waals surface area (Å²) in [6.45, 7) is 1.48. The van der Waals surface area contributed by atoms with Crippen molar-refractivity contribution >= 4 is 23.5 Å². The normalized spacial score (nSPS) is 12.7. The zero-order valence-electron chi connectivity index (χ0n) is 13.6. The number of carboxylic acid groups (broad SMARTS) is 1. The molecule has 1 aromatic rings. The number of carboxylic acids is 1. The number of amides is 2. The molecular weight excluding hydrogens is 332 g/mol. The van der Waals surface area contributed by atoms with Crippen molar-refractivity contribution in [3.63, 3.8) is 0 Å². The lowest BCUT2D eigenvalue weighted by molar-refractivity contribution is -0.384. The molecule has 10 nitrogen and oxygen atoms in total. The summed E-state index contributed by atoms with van der Waals surface area (Å²) in [5.74, 6) is -2.13. The summed E-state index contributed by atoms with van der Waals surface area (Å²) in [6, 6.07) is 3.75. The number of non-ortho nitro benzene ring substituents is 1. The number of hydrogen-bond acceptors (Lipinski definition) is 6. The zero-order chi connectivity index (χ0) is 19.0. The van der Waals surface area contributed by atoms with Crippen molar-refractivity contribution in [2.75, 3.05) is 0 Å². The fourth-order valence-electron chi connectivity index (χ4n) is 1.85. The molecule has 0 bridgehead atoms. The van der Waals surface area contributed by atoms with Gasteiger partial charge in [0, 0.05) is 25.1 Å². The largest absolute Gasteiger partial charge is 0.480 e. The summed E-state index contributed by atoms with van der Waals surface area (Å²) in [4.78, 5) is 44.1. The predicted molar refractivity (Wildman–Crippen MR) is 87.4 cm³/mol. The number of carbonyl (C=O) groups is 3. The summed E-state index contributed by atoms with van der Waals surface area (Å²) in [5, 5.41) is 24.1. The van der Waals surface area contributed by atoms with E-state index in [0.717, 1.165) is 0 Å². The Morgan fingerprint density at radius 3 is 2.40 bits per heavy atom. The smallest absolute Gasteiger partial charge is 0.325 e.